The SMILES string of the molecule is CC1CCCCOC1=O.O=C1CCCCCO1. The van der Waals surface area contributed by atoms with Gasteiger partial charge in [0.05, 0.1) is 19.1 Å². The van der Waals surface area contributed by atoms with E-state index < -0.39 is 0 Å². The van der Waals surface area contributed by atoms with Crippen LogP contribution in [0, 0.1) is 5.92 Å². The van der Waals surface area contributed by atoms with Gasteiger partial charge in [-0.2, -0.15) is 0 Å². The zero-order valence-electron chi connectivity index (χ0n) is 10.6. The van der Waals surface area contributed by atoms with Crippen LogP contribution in [0.1, 0.15) is 51.9 Å². The number of carbonyl (C=O) groups is 2. The fraction of sp³-hybridized carbons (Fsp3) is 0.846. The first-order chi connectivity index (χ1) is 8.20. The molecule has 2 saturated heterocycles. The van der Waals surface area contributed by atoms with Gasteiger partial charge in [0.15, 0.2) is 0 Å². The highest BCUT2D eigenvalue weighted by atomic mass is 16.5. The van der Waals surface area contributed by atoms with Crippen LogP contribution >= 0.6 is 0 Å². The third-order valence-electron chi connectivity index (χ3n) is 2.97. The second kappa shape index (κ2) is 8.09. The Balaban J connectivity index is 0.000000171. The Bertz CT molecular complexity index is 240. The highest BCUT2D eigenvalue weighted by Gasteiger charge is 2.16. The minimum Gasteiger partial charge on any atom is -0.466 e. The molecule has 2 heterocycles. The third-order valence-corrected chi connectivity index (χ3v) is 2.97. The average Bonchev–Trinajstić information content (AvgIpc) is 2.65. The van der Waals surface area contributed by atoms with Gasteiger partial charge in [0.25, 0.3) is 0 Å². The molecule has 2 fully saturated rings. The van der Waals surface area contributed by atoms with Crippen LogP contribution in [0.25, 0.3) is 0 Å². The molecule has 0 spiro atoms. The molecule has 4 heteroatoms. The minimum atomic E-state index is -0.0255. The Morgan fingerprint density at radius 3 is 2.47 bits per heavy atom. The molecule has 0 aromatic heterocycles. The topological polar surface area (TPSA) is 52.6 Å². The van der Waals surface area contributed by atoms with Gasteiger partial charge < -0.3 is 9.47 Å². The van der Waals surface area contributed by atoms with Crippen molar-refractivity contribution in [2.75, 3.05) is 13.2 Å². The monoisotopic (exact) mass is 242 g/mol. The normalized spacial score (nSPS) is 25.6. The molecule has 0 amide bonds. The number of carbonyl (C=O) groups excluding carboxylic acids is 2. The molecule has 0 radical (unpaired) electrons. The lowest BCUT2D eigenvalue weighted by atomic mass is 10.1. The van der Waals surface area contributed by atoms with Crippen molar-refractivity contribution in [3.8, 4) is 0 Å². The largest absolute Gasteiger partial charge is 0.466 e. The van der Waals surface area contributed by atoms with Gasteiger partial charge in [-0.1, -0.05) is 6.92 Å². The van der Waals surface area contributed by atoms with Gasteiger partial charge in [0.2, 0.25) is 0 Å². The summed E-state index contributed by atoms with van der Waals surface area (Å²) in [6.45, 7) is 3.19. The van der Waals surface area contributed by atoms with E-state index in [-0.39, 0.29) is 17.9 Å². The summed E-state index contributed by atoms with van der Waals surface area (Å²) < 4.78 is 9.64. The molecule has 0 aromatic carbocycles. The Morgan fingerprint density at radius 2 is 1.65 bits per heavy atom. The molecule has 1 atom stereocenters. The number of esters is 2. The van der Waals surface area contributed by atoms with E-state index in [0.29, 0.717) is 19.6 Å². The second-order valence-corrected chi connectivity index (χ2v) is 4.60. The van der Waals surface area contributed by atoms with Gasteiger partial charge in [-0.15, -0.1) is 0 Å². The van der Waals surface area contributed by atoms with Gasteiger partial charge >= 0.3 is 11.9 Å². The smallest absolute Gasteiger partial charge is 0.308 e. The summed E-state index contributed by atoms with van der Waals surface area (Å²) in [6, 6.07) is 0. The molecule has 0 saturated carbocycles. The molecule has 17 heavy (non-hydrogen) atoms. The minimum absolute atomic E-state index is 0.0208. The number of hydrogen-bond donors (Lipinski definition) is 0. The number of cyclic esters (lactones) is 2. The van der Waals surface area contributed by atoms with Crippen molar-refractivity contribution in [2.45, 2.75) is 51.9 Å². The van der Waals surface area contributed by atoms with Gasteiger partial charge in [-0.05, 0) is 38.5 Å². The Morgan fingerprint density at radius 1 is 0.941 bits per heavy atom. The molecule has 2 aliphatic heterocycles. The fourth-order valence-corrected chi connectivity index (χ4v) is 1.79. The highest BCUT2D eigenvalue weighted by molar-refractivity contribution is 5.72. The third kappa shape index (κ3) is 6.29. The molecule has 2 rings (SSSR count). The Kier molecular flexibility index (Phi) is 6.67. The van der Waals surface area contributed by atoms with E-state index in [0.717, 1.165) is 38.5 Å². The van der Waals surface area contributed by atoms with E-state index >= 15 is 0 Å². The maximum atomic E-state index is 10.8. The summed E-state index contributed by atoms with van der Waals surface area (Å²) >= 11 is 0. The van der Waals surface area contributed by atoms with Gasteiger partial charge in [-0.25, -0.2) is 0 Å². The summed E-state index contributed by atoms with van der Waals surface area (Å²) in [7, 11) is 0. The highest BCUT2D eigenvalue weighted by Crippen LogP contribution is 2.13. The Labute approximate surface area is 103 Å². The summed E-state index contributed by atoms with van der Waals surface area (Å²) in [6.07, 6.45) is 7.00. The summed E-state index contributed by atoms with van der Waals surface area (Å²) in [5, 5.41) is 0. The molecule has 0 N–H and O–H groups in total. The lowest BCUT2D eigenvalue weighted by molar-refractivity contribution is -0.146. The predicted molar refractivity (Wildman–Crippen MR) is 63.4 cm³/mol. The zero-order chi connectivity index (χ0) is 12.5. The summed E-state index contributed by atoms with van der Waals surface area (Å²) in [5.41, 5.74) is 0. The van der Waals surface area contributed by atoms with Gasteiger partial charge in [0.1, 0.15) is 0 Å². The lowest BCUT2D eigenvalue weighted by Crippen LogP contribution is -2.11. The van der Waals surface area contributed by atoms with Crippen LogP contribution in [0.4, 0.5) is 0 Å². The van der Waals surface area contributed by atoms with E-state index in [1.54, 1.807) is 0 Å². The van der Waals surface area contributed by atoms with E-state index in [1.165, 1.54) is 0 Å². The number of ether oxygens (including phenoxy) is 2. The lowest BCUT2D eigenvalue weighted by Gasteiger charge is -2.02. The van der Waals surface area contributed by atoms with Crippen molar-refractivity contribution >= 4 is 11.9 Å². The van der Waals surface area contributed by atoms with Crippen molar-refractivity contribution < 1.29 is 19.1 Å². The van der Waals surface area contributed by atoms with Crippen LogP contribution in [0.15, 0.2) is 0 Å². The first kappa shape index (κ1) is 14.0. The standard InChI is InChI=1S/C7H12O2.C6H10O2/c1-6-4-2-3-5-9-7(6)8;7-6-4-2-1-3-5-8-6/h6H,2-5H2,1H3;1-5H2. The Hall–Kier alpha value is -1.06. The van der Waals surface area contributed by atoms with Crippen molar-refractivity contribution in [3.05, 3.63) is 0 Å². The predicted octanol–water partition coefficient (Wildman–Crippen LogP) is 2.45. The first-order valence-electron chi connectivity index (χ1n) is 6.52. The van der Waals surface area contributed by atoms with E-state index in [2.05, 4.69) is 0 Å². The molecular formula is C13H22O4. The number of hydrogen-bond acceptors (Lipinski definition) is 4. The molecule has 0 aromatic rings. The van der Waals surface area contributed by atoms with Crippen LogP contribution in [-0.4, -0.2) is 25.2 Å². The number of rotatable bonds is 0. The maximum Gasteiger partial charge on any atom is 0.308 e. The van der Waals surface area contributed by atoms with Crippen molar-refractivity contribution in [3.63, 3.8) is 0 Å². The molecule has 2 aliphatic rings. The van der Waals surface area contributed by atoms with Crippen LogP contribution in [0.3, 0.4) is 0 Å². The van der Waals surface area contributed by atoms with E-state index in [4.69, 9.17) is 9.47 Å². The van der Waals surface area contributed by atoms with Crippen LogP contribution < -0.4 is 0 Å². The van der Waals surface area contributed by atoms with Gasteiger partial charge in [-0.3, -0.25) is 9.59 Å². The van der Waals surface area contributed by atoms with Crippen molar-refractivity contribution in [2.24, 2.45) is 5.92 Å². The quantitative estimate of drug-likeness (QED) is 0.612. The summed E-state index contributed by atoms with van der Waals surface area (Å²) in [4.78, 5) is 21.3. The zero-order valence-corrected chi connectivity index (χ0v) is 10.6. The molecule has 4 nitrogen and oxygen atoms in total. The molecule has 0 bridgehead atoms. The molecule has 0 aliphatic carbocycles. The van der Waals surface area contributed by atoms with E-state index in [1.807, 2.05) is 6.92 Å². The van der Waals surface area contributed by atoms with Crippen LogP contribution in [0.2, 0.25) is 0 Å². The van der Waals surface area contributed by atoms with Crippen molar-refractivity contribution in [1.82, 2.24) is 0 Å². The summed E-state index contributed by atoms with van der Waals surface area (Å²) in [5.74, 6) is 0.0856. The second-order valence-electron chi connectivity index (χ2n) is 4.60. The van der Waals surface area contributed by atoms with Gasteiger partial charge in [0, 0.05) is 6.42 Å². The molecule has 1 unspecified atom stereocenters. The maximum absolute atomic E-state index is 10.8. The first-order valence-corrected chi connectivity index (χ1v) is 6.52. The van der Waals surface area contributed by atoms with E-state index in [9.17, 15) is 9.59 Å². The van der Waals surface area contributed by atoms with Crippen LogP contribution in [-0.2, 0) is 19.1 Å². The molecular weight excluding hydrogens is 220 g/mol. The average molecular weight is 242 g/mol. The van der Waals surface area contributed by atoms with Crippen molar-refractivity contribution in [1.29, 1.82) is 0 Å². The molecule has 98 valence electrons. The fourth-order valence-electron chi connectivity index (χ4n) is 1.79. The van der Waals surface area contributed by atoms with Crippen LogP contribution in [0.5, 0.6) is 0 Å².